The molecular weight excluding hydrogens is 361 g/mol. The van der Waals surface area contributed by atoms with Crippen molar-refractivity contribution in [3.8, 4) is 0 Å². The molecule has 0 unspecified atom stereocenters. The lowest BCUT2D eigenvalue weighted by atomic mass is 9.81. The van der Waals surface area contributed by atoms with Crippen LogP contribution >= 0.6 is 23.2 Å². The lowest BCUT2D eigenvalue weighted by molar-refractivity contribution is -0.122. The Labute approximate surface area is 154 Å². The van der Waals surface area contributed by atoms with Crippen LogP contribution in [0.3, 0.4) is 0 Å². The van der Waals surface area contributed by atoms with Crippen LogP contribution in [0, 0.1) is 0 Å². The number of rotatable bonds is 2. The minimum absolute atomic E-state index is 0.0266. The third kappa shape index (κ3) is 2.20. The van der Waals surface area contributed by atoms with E-state index >= 15 is 0 Å². The van der Waals surface area contributed by atoms with Crippen LogP contribution in [0.1, 0.15) is 55.8 Å². The number of aromatic nitrogens is 4. The van der Waals surface area contributed by atoms with Crippen molar-refractivity contribution >= 4 is 40.6 Å². The lowest BCUT2D eigenvalue weighted by Gasteiger charge is -2.22. The Hall–Kier alpha value is -1.79. The van der Waals surface area contributed by atoms with Crippen LogP contribution in [-0.2, 0) is 10.2 Å². The number of hydrogen-bond donors (Lipinski definition) is 0. The topological polar surface area (TPSA) is 71.9 Å². The highest BCUT2D eigenvalue weighted by atomic mass is 35.5. The first-order valence-electron chi connectivity index (χ1n) is 8.50. The standard InChI is InChI=1S/C17H15Cl2N5O/c18-12-11-14(23-16(19)22-12)24(15(25)17(11)5-1-2-6-17)10-7-20-13(21-8-10)9-3-4-9/h7-9H,1-6H2. The highest BCUT2D eigenvalue weighted by Crippen LogP contribution is 2.54. The molecule has 0 atom stereocenters. The normalized spacial score (nSPS) is 21.2. The van der Waals surface area contributed by atoms with Crippen molar-refractivity contribution in [1.82, 2.24) is 19.9 Å². The monoisotopic (exact) mass is 375 g/mol. The molecule has 2 aromatic rings. The molecule has 0 N–H and O–H groups in total. The van der Waals surface area contributed by atoms with E-state index in [-0.39, 0.29) is 16.3 Å². The molecule has 25 heavy (non-hydrogen) atoms. The molecule has 2 fully saturated rings. The summed E-state index contributed by atoms with van der Waals surface area (Å²) in [4.78, 5) is 32.2. The zero-order valence-electron chi connectivity index (χ0n) is 13.4. The van der Waals surface area contributed by atoms with Crippen molar-refractivity contribution in [2.24, 2.45) is 0 Å². The molecule has 0 bridgehead atoms. The van der Waals surface area contributed by atoms with Crippen LogP contribution in [0.2, 0.25) is 10.4 Å². The lowest BCUT2D eigenvalue weighted by Crippen LogP contribution is -2.36. The molecule has 6 nitrogen and oxygen atoms in total. The van der Waals surface area contributed by atoms with Gasteiger partial charge in [0.05, 0.1) is 23.5 Å². The van der Waals surface area contributed by atoms with Gasteiger partial charge >= 0.3 is 0 Å². The van der Waals surface area contributed by atoms with Gasteiger partial charge in [-0.3, -0.25) is 9.69 Å². The van der Waals surface area contributed by atoms with Crippen molar-refractivity contribution in [2.45, 2.75) is 49.9 Å². The van der Waals surface area contributed by atoms with Gasteiger partial charge in [0, 0.05) is 11.5 Å². The third-order valence-electron chi connectivity index (χ3n) is 5.44. The zero-order chi connectivity index (χ0) is 17.2. The van der Waals surface area contributed by atoms with E-state index in [2.05, 4.69) is 19.9 Å². The van der Waals surface area contributed by atoms with E-state index in [0.717, 1.165) is 44.3 Å². The van der Waals surface area contributed by atoms with E-state index in [1.807, 2.05) is 0 Å². The number of anilines is 2. The maximum absolute atomic E-state index is 13.4. The van der Waals surface area contributed by atoms with Gasteiger partial charge in [0.15, 0.2) is 5.82 Å². The maximum Gasteiger partial charge on any atom is 0.243 e. The molecule has 3 heterocycles. The van der Waals surface area contributed by atoms with E-state index in [1.165, 1.54) is 0 Å². The van der Waals surface area contributed by atoms with Gasteiger partial charge in [-0.05, 0) is 37.3 Å². The molecule has 0 saturated heterocycles. The van der Waals surface area contributed by atoms with E-state index in [4.69, 9.17) is 23.2 Å². The summed E-state index contributed by atoms with van der Waals surface area (Å²) in [5.41, 5.74) is 0.657. The first kappa shape index (κ1) is 15.5. The highest BCUT2D eigenvalue weighted by Gasteiger charge is 2.55. The summed E-state index contributed by atoms with van der Waals surface area (Å²) in [6.45, 7) is 0. The molecule has 128 valence electrons. The summed E-state index contributed by atoms with van der Waals surface area (Å²) >= 11 is 12.4. The minimum Gasteiger partial charge on any atom is -0.273 e. The number of halogens is 2. The number of carbonyl (C=O) groups excluding carboxylic acids is 1. The summed E-state index contributed by atoms with van der Waals surface area (Å²) in [5, 5.41) is 0.301. The Kier molecular flexibility index (Phi) is 3.31. The van der Waals surface area contributed by atoms with Gasteiger partial charge in [-0.2, -0.15) is 4.98 Å². The van der Waals surface area contributed by atoms with E-state index in [0.29, 0.717) is 23.0 Å². The second-order valence-corrected chi connectivity index (χ2v) is 7.68. The van der Waals surface area contributed by atoms with E-state index < -0.39 is 5.41 Å². The van der Waals surface area contributed by atoms with Crippen molar-refractivity contribution in [3.05, 3.63) is 34.2 Å². The number of fused-ring (bicyclic) bond motifs is 2. The van der Waals surface area contributed by atoms with Crippen LogP contribution in [0.5, 0.6) is 0 Å². The second kappa shape index (κ2) is 5.35. The summed E-state index contributed by atoms with van der Waals surface area (Å²) in [6, 6.07) is 0. The average molecular weight is 376 g/mol. The molecule has 2 aromatic heterocycles. The minimum atomic E-state index is -0.647. The van der Waals surface area contributed by atoms with Gasteiger partial charge < -0.3 is 0 Å². The molecule has 3 aliphatic rings. The third-order valence-corrected chi connectivity index (χ3v) is 5.88. The second-order valence-electron chi connectivity index (χ2n) is 6.99. The molecule has 1 aliphatic heterocycles. The quantitative estimate of drug-likeness (QED) is 0.586. The van der Waals surface area contributed by atoms with Crippen LogP contribution in [-0.4, -0.2) is 25.8 Å². The molecule has 1 spiro atoms. The molecular formula is C17H15Cl2N5O. The largest absolute Gasteiger partial charge is 0.273 e. The molecule has 8 heteroatoms. The fourth-order valence-corrected chi connectivity index (χ4v) is 4.62. The fraction of sp³-hybridized carbons (Fsp3) is 0.471. The smallest absolute Gasteiger partial charge is 0.243 e. The first-order valence-corrected chi connectivity index (χ1v) is 9.26. The van der Waals surface area contributed by atoms with Gasteiger partial charge in [0.1, 0.15) is 11.0 Å². The highest BCUT2D eigenvalue weighted by molar-refractivity contribution is 6.34. The van der Waals surface area contributed by atoms with Crippen LogP contribution in [0.25, 0.3) is 0 Å². The Morgan fingerprint density at radius 3 is 2.40 bits per heavy atom. The van der Waals surface area contributed by atoms with Crippen LogP contribution in [0.15, 0.2) is 12.4 Å². The summed E-state index contributed by atoms with van der Waals surface area (Å²) in [7, 11) is 0. The summed E-state index contributed by atoms with van der Waals surface area (Å²) < 4.78 is 0. The first-order chi connectivity index (χ1) is 12.1. The summed E-state index contributed by atoms with van der Waals surface area (Å²) in [6.07, 6.45) is 9.12. The molecule has 2 saturated carbocycles. The Morgan fingerprint density at radius 1 is 1.08 bits per heavy atom. The van der Waals surface area contributed by atoms with Crippen LogP contribution in [0.4, 0.5) is 11.5 Å². The van der Waals surface area contributed by atoms with Gasteiger partial charge in [-0.25, -0.2) is 15.0 Å². The SMILES string of the molecule is O=C1N(c2cnc(C3CC3)nc2)c2nc(Cl)nc(Cl)c2C12CCCC2. The summed E-state index contributed by atoms with van der Waals surface area (Å²) in [5.74, 6) is 1.74. The zero-order valence-corrected chi connectivity index (χ0v) is 14.9. The number of nitrogens with zero attached hydrogens (tertiary/aromatic N) is 5. The fourth-order valence-electron chi connectivity index (χ4n) is 4.07. The molecule has 1 amide bonds. The van der Waals surface area contributed by atoms with Gasteiger partial charge in [0.25, 0.3) is 0 Å². The predicted octanol–water partition coefficient (Wildman–Crippen LogP) is 3.94. The van der Waals surface area contributed by atoms with E-state index in [1.54, 1.807) is 17.3 Å². The Morgan fingerprint density at radius 2 is 1.76 bits per heavy atom. The Balaban J connectivity index is 1.66. The predicted molar refractivity (Wildman–Crippen MR) is 93.4 cm³/mol. The van der Waals surface area contributed by atoms with Crippen molar-refractivity contribution < 1.29 is 4.79 Å². The van der Waals surface area contributed by atoms with Crippen LogP contribution < -0.4 is 4.90 Å². The average Bonchev–Trinajstić information content (AvgIpc) is 3.27. The number of amides is 1. The molecule has 0 aromatic carbocycles. The molecule has 0 radical (unpaired) electrons. The molecule has 5 rings (SSSR count). The van der Waals surface area contributed by atoms with E-state index in [9.17, 15) is 4.79 Å². The number of hydrogen-bond acceptors (Lipinski definition) is 5. The molecule has 2 aliphatic carbocycles. The van der Waals surface area contributed by atoms with Gasteiger partial charge in [-0.1, -0.05) is 24.4 Å². The van der Waals surface area contributed by atoms with Gasteiger partial charge in [0.2, 0.25) is 11.2 Å². The number of carbonyl (C=O) groups is 1. The van der Waals surface area contributed by atoms with Crippen molar-refractivity contribution in [1.29, 1.82) is 0 Å². The van der Waals surface area contributed by atoms with Gasteiger partial charge in [-0.15, -0.1) is 0 Å². The maximum atomic E-state index is 13.4. The van der Waals surface area contributed by atoms with Crippen molar-refractivity contribution in [2.75, 3.05) is 4.90 Å². The Bertz CT molecular complexity index is 875. The van der Waals surface area contributed by atoms with Crippen molar-refractivity contribution in [3.63, 3.8) is 0 Å².